The molecule has 2 aliphatic rings. The Balaban J connectivity index is 1.42. The lowest BCUT2D eigenvalue weighted by atomic mass is 10.0. The summed E-state index contributed by atoms with van der Waals surface area (Å²) in [5.41, 5.74) is 0.418. The van der Waals surface area contributed by atoms with E-state index in [1.807, 2.05) is 17.0 Å². The molecule has 0 aliphatic carbocycles. The molecular formula is C19H19Cl2N3O3S. The van der Waals surface area contributed by atoms with Gasteiger partial charge in [0.05, 0.1) is 39.2 Å². The van der Waals surface area contributed by atoms with Gasteiger partial charge >= 0.3 is 6.03 Å². The van der Waals surface area contributed by atoms with Crippen molar-refractivity contribution >= 4 is 52.6 Å². The van der Waals surface area contributed by atoms with Crippen LogP contribution in [0, 0.1) is 0 Å². The minimum absolute atomic E-state index is 0.113. The van der Waals surface area contributed by atoms with Gasteiger partial charge in [0, 0.05) is 13.1 Å². The molecule has 2 fully saturated rings. The molecule has 6 nitrogen and oxygen atoms in total. The van der Waals surface area contributed by atoms with Gasteiger partial charge in [-0.1, -0.05) is 29.3 Å². The first-order valence-corrected chi connectivity index (χ1v) is 10.7. The van der Waals surface area contributed by atoms with E-state index in [9.17, 15) is 9.59 Å². The van der Waals surface area contributed by atoms with Crippen LogP contribution in [0.3, 0.4) is 0 Å². The molecular weight excluding hydrogens is 421 g/mol. The highest BCUT2D eigenvalue weighted by atomic mass is 35.5. The summed E-state index contributed by atoms with van der Waals surface area (Å²) in [7, 11) is 0. The number of amides is 3. The van der Waals surface area contributed by atoms with Crippen LogP contribution in [0.25, 0.3) is 0 Å². The van der Waals surface area contributed by atoms with Gasteiger partial charge in [0.2, 0.25) is 5.91 Å². The number of likely N-dealkylation sites (tertiary alicyclic amines) is 1. The van der Waals surface area contributed by atoms with Crippen LogP contribution < -0.4 is 5.32 Å². The van der Waals surface area contributed by atoms with Crippen LogP contribution >= 0.6 is 35.0 Å². The molecule has 0 atom stereocenters. The Morgan fingerprint density at radius 2 is 1.89 bits per heavy atom. The van der Waals surface area contributed by atoms with E-state index >= 15 is 0 Å². The molecule has 9 heteroatoms. The van der Waals surface area contributed by atoms with Crippen LogP contribution in [0.2, 0.25) is 10.0 Å². The largest absolute Gasteiger partial charge is 0.467 e. The lowest BCUT2D eigenvalue weighted by molar-refractivity contribution is -0.132. The lowest BCUT2D eigenvalue weighted by Crippen LogP contribution is -2.53. The molecule has 0 saturated carbocycles. The molecule has 1 spiro atoms. The van der Waals surface area contributed by atoms with Crippen LogP contribution in [0.4, 0.5) is 10.5 Å². The van der Waals surface area contributed by atoms with Gasteiger partial charge in [-0.15, -0.1) is 11.8 Å². The van der Waals surface area contributed by atoms with Crippen molar-refractivity contribution in [2.45, 2.75) is 24.3 Å². The van der Waals surface area contributed by atoms with Gasteiger partial charge < -0.3 is 19.5 Å². The van der Waals surface area contributed by atoms with E-state index in [-0.39, 0.29) is 16.8 Å². The van der Waals surface area contributed by atoms with Crippen LogP contribution in [0.15, 0.2) is 41.0 Å². The number of piperidine rings is 1. The van der Waals surface area contributed by atoms with Crippen molar-refractivity contribution < 1.29 is 14.0 Å². The summed E-state index contributed by atoms with van der Waals surface area (Å²) in [6.07, 6.45) is 3.02. The number of urea groups is 1. The Hall–Kier alpha value is -1.83. The Kier molecular flexibility index (Phi) is 5.49. The van der Waals surface area contributed by atoms with Crippen molar-refractivity contribution in [3.05, 3.63) is 52.4 Å². The van der Waals surface area contributed by atoms with Gasteiger partial charge in [0.15, 0.2) is 0 Å². The van der Waals surface area contributed by atoms with E-state index in [0.717, 1.165) is 5.76 Å². The number of rotatable bonds is 3. The van der Waals surface area contributed by atoms with E-state index in [2.05, 4.69) is 5.32 Å². The molecule has 3 amide bonds. The number of thioether (sulfide) groups is 1. The number of nitrogens with one attached hydrogen (secondary N) is 1. The van der Waals surface area contributed by atoms with Crippen molar-refractivity contribution in [1.29, 1.82) is 0 Å². The van der Waals surface area contributed by atoms with Crippen LogP contribution in [-0.4, -0.2) is 45.5 Å². The first kappa shape index (κ1) is 19.5. The molecule has 0 unspecified atom stereocenters. The number of anilines is 1. The summed E-state index contributed by atoms with van der Waals surface area (Å²) in [5.74, 6) is 1.34. The van der Waals surface area contributed by atoms with E-state index in [0.29, 0.717) is 54.0 Å². The van der Waals surface area contributed by atoms with Gasteiger partial charge in [0.1, 0.15) is 5.76 Å². The highest BCUT2D eigenvalue weighted by molar-refractivity contribution is 8.01. The van der Waals surface area contributed by atoms with E-state index in [4.69, 9.17) is 27.6 Å². The first-order chi connectivity index (χ1) is 13.5. The lowest BCUT2D eigenvalue weighted by Gasteiger charge is -2.43. The van der Waals surface area contributed by atoms with Crippen LogP contribution in [-0.2, 0) is 11.3 Å². The molecule has 148 valence electrons. The number of halogens is 2. The van der Waals surface area contributed by atoms with Gasteiger partial charge in [-0.3, -0.25) is 4.79 Å². The molecule has 1 aromatic heterocycles. The molecule has 3 heterocycles. The molecule has 2 aliphatic heterocycles. The fraction of sp³-hybridized carbons (Fsp3) is 0.368. The zero-order chi connectivity index (χ0) is 19.7. The Bertz CT molecular complexity index is 862. The van der Waals surface area contributed by atoms with E-state index in [1.165, 1.54) is 0 Å². The van der Waals surface area contributed by atoms with Crippen molar-refractivity contribution in [3.8, 4) is 0 Å². The maximum atomic E-state index is 12.7. The van der Waals surface area contributed by atoms with Crippen molar-refractivity contribution in [3.63, 3.8) is 0 Å². The fourth-order valence-electron chi connectivity index (χ4n) is 3.65. The standard InChI is InChI=1S/C19H19Cl2N3O3S/c20-14-4-1-5-15(21)17(14)22-18(26)23-8-6-19(7-9-23)24(16(25)12-28-19)11-13-3-2-10-27-13/h1-5,10H,6-9,11-12H2,(H,22,26). The molecule has 28 heavy (non-hydrogen) atoms. The third-order valence-corrected chi connectivity index (χ3v) is 7.37. The first-order valence-electron chi connectivity index (χ1n) is 8.95. The maximum Gasteiger partial charge on any atom is 0.321 e. The zero-order valence-electron chi connectivity index (χ0n) is 15.0. The number of benzene rings is 1. The summed E-state index contributed by atoms with van der Waals surface area (Å²) in [6.45, 7) is 1.55. The number of nitrogens with zero attached hydrogens (tertiary/aromatic N) is 2. The van der Waals surface area contributed by atoms with E-state index in [1.54, 1.807) is 41.1 Å². The third-order valence-electron chi connectivity index (χ3n) is 5.18. The molecule has 4 rings (SSSR count). The average molecular weight is 440 g/mol. The Labute approximate surface area is 177 Å². The SMILES string of the molecule is O=C(Nc1c(Cl)cccc1Cl)N1CCC2(CC1)SCC(=O)N2Cc1ccco1. The molecule has 2 saturated heterocycles. The Morgan fingerprint density at radius 3 is 2.54 bits per heavy atom. The molecule has 0 bridgehead atoms. The zero-order valence-corrected chi connectivity index (χ0v) is 17.3. The number of hydrogen-bond donors (Lipinski definition) is 1. The second-order valence-corrected chi connectivity index (χ2v) is 8.96. The molecule has 0 radical (unpaired) electrons. The minimum Gasteiger partial charge on any atom is -0.467 e. The molecule has 1 N–H and O–H groups in total. The summed E-state index contributed by atoms with van der Waals surface area (Å²) < 4.78 is 5.42. The summed E-state index contributed by atoms with van der Waals surface area (Å²) in [4.78, 5) is 28.5. The van der Waals surface area contributed by atoms with Crippen molar-refractivity contribution in [2.24, 2.45) is 0 Å². The third kappa shape index (κ3) is 3.71. The fourth-order valence-corrected chi connectivity index (χ4v) is 5.48. The quantitative estimate of drug-likeness (QED) is 0.753. The summed E-state index contributed by atoms with van der Waals surface area (Å²) in [6, 6.07) is 8.55. The second-order valence-electron chi connectivity index (χ2n) is 6.81. The van der Waals surface area contributed by atoms with Gasteiger partial charge in [-0.2, -0.15) is 0 Å². The number of para-hydroxylation sites is 1. The van der Waals surface area contributed by atoms with Crippen LogP contribution in [0.5, 0.6) is 0 Å². The van der Waals surface area contributed by atoms with Crippen LogP contribution in [0.1, 0.15) is 18.6 Å². The maximum absolute atomic E-state index is 12.7. The highest BCUT2D eigenvalue weighted by Gasteiger charge is 2.48. The number of carbonyl (C=O) groups is 2. The number of furan rings is 1. The van der Waals surface area contributed by atoms with Gasteiger partial charge in [-0.25, -0.2) is 4.79 Å². The predicted molar refractivity (Wildman–Crippen MR) is 111 cm³/mol. The summed E-state index contributed by atoms with van der Waals surface area (Å²) in [5, 5.41) is 3.60. The van der Waals surface area contributed by atoms with Crippen molar-refractivity contribution in [1.82, 2.24) is 9.80 Å². The summed E-state index contributed by atoms with van der Waals surface area (Å²) >= 11 is 13.9. The number of carbonyl (C=O) groups excluding carboxylic acids is 2. The normalized spacial score (nSPS) is 18.7. The highest BCUT2D eigenvalue weighted by Crippen LogP contribution is 2.45. The van der Waals surface area contributed by atoms with Crippen molar-refractivity contribution in [2.75, 3.05) is 24.2 Å². The van der Waals surface area contributed by atoms with Gasteiger partial charge in [-0.05, 0) is 37.1 Å². The van der Waals surface area contributed by atoms with E-state index < -0.39 is 0 Å². The predicted octanol–water partition coefficient (Wildman–Crippen LogP) is 4.69. The molecule has 2 aromatic rings. The Morgan fingerprint density at radius 1 is 1.18 bits per heavy atom. The minimum atomic E-state index is -0.289. The number of hydrogen-bond acceptors (Lipinski definition) is 4. The topological polar surface area (TPSA) is 65.8 Å². The smallest absolute Gasteiger partial charge is 0.321 e. The van der Waals surface area contributed by atoms with Gasteiger partial charge in [0.25, 0.3) is 0 Å². The molecule has 1 aromatic carbocycles. The second kappa shape index (κ2) is 7.89. The monoisotopic (exact) mass is 439 g/mol. The average Bonchev–Trinajstić information content (AvgIpc) is 3.30.